The van der Waals surface area contributed by atoms with Gasteiger partial charge < -0.3 is 20.4 Å². The van der Waals surface area contributed by atoms with Crippen LogP contribution >= 0.6 is 0 Å². The van der Waals surface area contributed by atoms with Crippen molar-refractivity contribution >= 4 is 39.4 Å². The van der Waals surface area contributed by atoms with E-state index in [-0.39, 0.29) is 6.04 Å². The molecular weight excluding hydrogens is 416 g/mol. The summed E-state index contributed by atoms with van der Waals surface area (Å²) in [5, 5.41) is 4.76. The first-order chi connectivity index (χ1) is 15.7. The number of ether oxygens (including phenoxy) is 1. The SMILES string of the molecule is C=C1c2c(-c3cnc4ccccc4c3)c3c(N)ncnc3n2CC[C@H]1NC(=O)OC(C)(C)C. The molecule has 0 spiro atoms. The van der Waals surface area contributed by atoms with E-state index in [1.54, 1.807) is 0 Å². The minimum atomic E-state index is -0.582. The Morgan fingerprint density at radius 2 is 2.03 bits per heavy atom. The summed E-state index contributed by atoms with van der Waals surface area (Å²) in [6.07, 6.45) is 3.50. The second-order valence-corrected chi connectivity index (χ2v) is 9.26. The van der Waals surface area contributed by atoms with Gasteiger partial charge in [-0.2, -0.15) is 0 Å². The van der Waals surface area contributed by atoms with E-state index < -0.39 is 11.7 Å². The molecule has 8 heteroatoms. The molecule has 0 saturated carbocycles. The van der Waals surface area contributed by atoms with Crippen LogP contribution in [0.25, 0.3) is 38.6 Å². The lowest BCUT2D eigenvalue weighted by Gasteiger charge is -2.30. The number of nitrogens with zero attached hydrogens (tertiary/aromatic N) is 4. The number of nitrogen functional groups attached to an aromatic ring is 1. The van der Waals surface area contributed by atoms with Crippen molar-refractivity contribution in [3.63, 3.8) is 0 Å². The third-order valence-corrected chi connectivity index (χ3v) is 5.81. The summed E-state index contributed by atoms with van der Waals surface area (Å²) >= 11 is 0. The molecule has 0 saturated heterocycles. The number of pyridine rings is 1. The number of rotatable bonds is 2. The lowest BCUT2D eigenvalue weighted by molar-refractivity contribution is 0.0512. The van der Waals surface area contributed by atoms with E-state index in [0.29, 0.717) is 18.8 Å². The molecule has 0 bridgehead atoms. The molecule has 0 radical (unpaired) electrons. The van der Waals surface area contributed by atoms with Crippen molar-refractivity contribution in [1.82, 2.24) is 24.8 Å². The Labute approximate surface area is 191 Å². The summed E-state index contributed by atoms with van der Waals surface area (Å²) in [5.74, 6) is 0.398. The first-order valence-corrected chi connectivity index (χ1v) is 10.9. The van der Waals surface area contributed by atoms with Gasteiger partial charge in [0, 0.05) is 29.3 Å². The molecule has 1 aliphatic rings. The van der Waals surface area contributed by atoms with Gasteiger partial charge in [-0.1, -0.05) is 24.8 Å². The van der Waals surface area contributed by atoms with Gasteiger partial charge in [-0.05, 0) is 44.9 Å². The summed E-state index contributed by atoms with van der Waals surface area (Å²) in [5.41, 5.74) is 10.8. The van der Waals surface area contributed by atoms with Crippen molar-refractivity contribution in [3.8, 4) is 11.1 Å². The number of carbonyl (C=O) groups excluding carboxylic acids is 1. The van der Waals surface area contributed by atoms with Crippen LogP contribution in [0.3, 0.4) is 0 Å². The number of nitrogens with two attached hydrogens (primary N) is 1. The number of fused-ring (bicyclic) bond motifs is 4. The Bertz CT molecular complexity index is 1420. The van der Waals surface area contributed by atoms with Gasteiger partial charge in [0.05, 0.1) is 22.6 Å². The van der Waals surface area contributed by atoms with E-state index in [1.165, 1.54) is 6.33 Å². The summed E-state index contributed by atoms with van der Waals surface area (Å²) in [4.78, 5) is 25.9. The maximum Gasteiger partial charge on any atom is 0.408 e. The molecule has 1 aromatic carbocycles. The average molecular weight is 443 g/mol. The number of nitrogens with one attached hydrogen (secondary N) is 1. The largest absolute Gasteiger partial charge is 0.444 e. The normalized spacial score (nSPS) is 16.1. The Morgan fingerprint density at radius 1 is 1.24 bits per heavy atom. The lowest BCUT2D eigenvalue weighted by atomic mass is 9.93. The van der Waals surface area contributed by atoms with Gasteiger partial charge >= 0.3 is 6.09 Å². The molecule has 0 aliphatic carbocycles. The molecule has 3 aromatic heterocycles. The Hall–Kier alpha value is -3.94. The number of carbonyl (C=O) groups is 1. The molecule has 8 nitrogen and oxygen atoms in total. The van der Waals surface area contributed by atoms with Crippen LogP contribution in [0, 0.1) is 0 Å². The number of hydrogen-bond acceptors (Lipinski definition) is 6. The standard InChI is InChI=1S/C25H26N6O2/c1-14-17(30-24(32)33-25(2,3)4)9-10-31-21(14)19(20-22(26)28-13-29-23(20)31)16-11-15-7-5-6-8-18(15)27-12-16/h5-8,11-13,17H,1,9-10H2,2-4H3,(H,30,32)(H2,26,28,29)/t17-/m1/s1. The van der Waals surface area contributed by atoms with Crippen LogP contribution in [-0.2, 0) is 11.3 Å². The lowest BCUT2D eigenvalue weighted by Crippen LogP contribution is -2.42. The highest BCUT2D eigenvalue weighted by molar-refractivity contribution is 6.07. The summed E-state index contributed by atoms with van der Waals surface area (Å²) in [7, 11) is 0. The molecule has 4 heterocycles. The number of aryl methyl sites for hydroxylation is 1. The molecule has 0 unspecified atom stereocenters. The van der Waals surface area contributed by atoms with E-state index in [1.807, 2.05) is 51.2 Å². The predicted octanol–water partition coefficient (Wildman–Crippen LogP) is 4.54. The number of anilines is 1. The fraction of sp³-hybridized carbons (Fsp3) is 0.280. The van der Waals surface area contributed by atoms with Crippen molar-refractivity contribution in [3.05, 3.63) is 55.1 Å². The quantitative estimate of drug-likeness (QED) is 0.472. The van der Waals surface area contributed by atoms with Crippen LogP contribution in [0.2, 0.25) is 0 Å². The van der Waals surface area contributed by atoms with E-state index >= 15 is 0 Å². The zero-order valence-electron chi connectivity index (χ0n) is 18.9. The molecule has 4 aromatic rings. The molecule has 0 fully saturated rings. The highest BCUT2D eigenvalue weighted by atomic mass is 16.6. The van der Waals surface area contributed by atoms with Crippen molar-refractivity contribution < 1.29 is 9.53 Å². The number of benzene rings is 1. The van der Waals surface area contributed by atoms with Crippen LogP contribution in [0.1, 0.15) is 32.9 Å². The van der Waals surface area contributed by atoms with Gasteiger partial charge in [-0.15, -0.1) is 0 Å². The molecule has 168 valence electrons. The summed E-state index contributed by atoms with van der Waals surface area (Å²) in [6.45, 7) is 10.5. The molecule has 5 rings (SSSR count). The maximum absolute atomic E-state index is 12.5. The fourth-order valence-corrected chi connectivity index (χ4v) is 4.44. The minimum absolute atomic E-state index is 0.280. The van der Waals surface area contributed by atoms with E-state index in [2.05, 4.69) is 37.5 Å². The molecule has 1 atom stereocenters. The van der Waals surface area contributed by atoms with Crippen LogP contribution in [0.4, 0.5) is 10.6 Å². The number of aromatic nitrogens is 4. The predicted molar refractivity (Wildman–Crippen MR) is 129 cm³/mol. The fourth-order valence-electron chi connectivity index (χ4n) is 4.44. The zero-order chi connectivity index (χ0) is 23.3. The second-order valence-electron chi connectivity index (χ2n) is 9.26. The average Bonchev–Trinajstić information content (AvgIpc) is 3.10. The third kappa shape index (κ3) is 3.67. The molecular formula is C25H26N6O2. The molecule has 1 aliphatic heterocycles. The van der Waals surface area contributed by atoms with Crippen molar-refractivity contribution in [2.24, 2.45) is 0 Å². The molecule has 3 N–H and O–H groups in total. The smallest absolute Gasteiger partial charge is 0.408 e. The van der Waals surface area contributed by atoms with Crippen molar-refractivity contribution in [1.29, 1.82) is 0 Å². The van der Waals surface area contributed by atoms with Crippen LogP contribution < -0.4 is 11.1 Å². The van der Waals surface area contributed by atoms with Crippen LogP contribution in [-0.4, -0.2) is 37.3 Å². The number of hydrogen-bond donors (Lipinski definition) is 2. The third-order valence-electron chi connectivity index (χ3n) is 5.81. The Morgan fingerprint density at radius 3 is 2.82 bits per heavy atom. The van der Waals surface area contributed by atoms with E-state index in [0.717, 1.165) is 44.3 Å². The number of para-hydroxylation sites is 1. The van der Waals surface area contributed by atoms with Gasteiger partial charge in [0.1, 0.15) is 23.4 Å². The first kappa shape index (κ1) is 20.9. The van der Waals surface area contributed by atoms with E-state index in [9.17, 15) is 4.79 Å². The highest BCUT2D eigenvalue weighted by Crippen LogP contribution is 2.43. The monoisotopic (exact) mass is 442 g/mol. The molecule has 33 heavy (non-hydrogen) atoms. The van der Waals surface area contributed by atoms with Crippen molar-refractivity contribution in [2.75, 3.05) is 5.73 Å². The summed E-state index contributed by atoms with van der Waals surface area (Å²) < 4.78 is 7.57. The number of amides is 1. The first-order valence-electron chi connectivity index (χ1n) is 10.9. The zero-order valence-corrected chi connectivity index (χ0v) is 18.9. The Balaban J connectivity index is 1.65. The summed E-state index contributed by atoms with van der Waals surface area (Å²) in [6, 6.07) is 9.76. The van der Waals surface area contributed by atoms with Gasteiger partial charge in [-0.3, -0.25) is 4.98 Å². The second kappa shape index (κ2) is 7.58. The van der Waals surface area contributed by atoms with Gasteiger partial charge in [0.25, 0.3) is 0 Å². The van der Waals surface area contributed by atoms with Crippen molar-refractivity contribution in [2.45, 2.75) is 45.4 Å². The molecule has 1 amide bonds. The topological polar surface area (TPSA) is 108 Å². The maximum atomic E-state index is 12.5. The van der Waals surface area contributed by atoms with Gasteiger partial charge in [0.15, 0.2) is 0 Å². The minimum Gasteiger partial charge on any atom is -0.444 e. The van der Waals surface area contributed by atoms with Crippen LogP contribution in [0.15, 0.2) is 49.4 Å². The Kier molecular flexibility index (Phi) is 4.81. The van der Waals surface area contributed by atoms with Crippen LogP contribution in [0.5, 0.6) is 0 Å². The van der Waals surface area contributed by atoms with Gasteiger partial charge in [-0.25, -0.2) is 14.8 Å². The number of alkyl carbamates (subject to hydrolysis) is 1. The highest BCUT2D eigenvalue weighted by Gasteiger charge is 2.32. The van der Waals surface area contributed by atoms with E-state index in [4.69, 9.17) is 10.5 Å². The van der Waals surface area contributed by atoms with Gasteiger partial charge in [0.2, 0.25) is 0 Å².